The van der Waals surface area contributed by atoms with Gasteiger partial charge in [0.2, 0.25) is 0 Å². The number of hydrogen-bond donors (Lipinski definition) is 0. The molecule has 0 amide bonds. The minimum Gasteiger partial charge on any atom is 0 e. The second kappa shape index (κ2) is 19.7. The van der Waals surface area contributed by atoms with Gasteiger partial charge in [-0.15, -0.1) is 0 Å². The zero-order valence-corrected chi connectivity index (χ0v) is 2.30. The predicted molar refractivity (Wildman–Crippen MR) is 14.4 cm³/mol. The number of rotatable bonds is 0. The molecular weight excluding hydrogens is 130 g/mol. The van der Waals surface area contributed by atoms with Crippen molar-refractivity contribution in [2.45, 2.75) is 0 Å². The van der Waals surface area contributed by atoms with Crippen molar-refractivity contribution >= 4 is 51.4 Å². The van der Waals surface area contributed by atoms with Crippen molar-refractivity contribution in [3.63, 3.8) is 0 Å². The van der Waals surface area contributed by atoms with Crippen LogP contribution in [0.1, 0.15) is 0 Å². The minimum atomic E-state index is 0. The van der Waals surface area contributed by atoms with Gasteiger partial charge < -0.3 is 11.0 Å². The molecule has 0 unspecified atom stereocenters. The zero-order chi connectivity index (χ0) is 0. The molecule has 0 saturated heterocycles. The zero-order valence-electron chi connectivity index (χ0n) is 1.32. The Morgan fingerprint density at radius 3 is 0.750 bits per heavy atom. The Hall–Kier alpha value is 2.05. The molecular formula is H5KNiO2. The first-order valence-corrected chi connectivity index (χ1v) is 0. The first kappa shape index (κ1) is 36.7. The van der Waals surface area contributed by atoms with Crippen molar-refractivity contribution < 1.29 is 27.4 Å². The average Bonchev–Trinajstić information content (AvgIpc) is 0. The Bertz CT molecular complexity index is 6.00. The maximum Gasteiger partial charge on any atom is 0 e. The molecule has 0 aliphatic rings. The van der Waals surface area contributed by atoms with Crippen LogP contribution < -0.4 is 0 Å². The maximum atomic E-state index is 0. The fraction of sp³-hybridized carbons (Fsp3) is 0. The van der Waals surface area contributed by atoms with E-state index in [1.165, 1.54) is 0 Å². The van der Waals surface area contributed by atoms with Crippen molar-refractivity contribution in [2.24, 2.45) is 0 Å². The van der Waals surface area contributed by atoms with Gasteiger partial charge in [0.25, 0.3) is 0 Å². The topological polar surface area (TPSA) is 63.0 Å². The summed E-state index contributed by atoms with van der Waals surface area (Å²) < 4.78 is 0. The van der Waals surface area contributed by atoms with Gasteiger partial charge in [0.1, 0.15) is 0 Å². The van der Waals surface area contributed by atoms with Crippen molar-refractivity contribution in [3.05, 3.63) is 0 Å². The summed E-state index contributed by atoms with van der Waals surface area (Å²) in [6, 6.07) is 0. The van der Waals surface area contributed by atoms with Crippen LogP contribution in [0.15, 0.2) is 0 Å². The van der Waals surface area contributed by atoms with Crippen LogP contribution in [0.5, 0.6) is 0 Å². The van der Waals surface area contributed by atoms with E-state index in [1.54, 1.807) is 0 Å². The molecule has 0 heterocycles. The molecule has 0 aliphatic carbocycles. The van der Waals surface area contributed by atoms with E-state index in [-0.39, 0.29) is 78.8 Å². The molecule has 0 aliphatic heterocycles. The van der Waals surface area contributed by atoms with Gasteiger partial charge in [-0.1, -0.05) is 0 Å². The van der Waals surface area contributed by atoms with Gasteiger partial charge in [0, 0.05) is 16.5 Å². The summed E-state index contributed by atoms with van der Waals surface area (Å²) in [6.45, 7) is 0. The van der Waals surface area contributed by atoms with Crippen LogP contribution in [0.2, 0.25) is 0 Å². The van der Waals surface area contributed by atoms with Crippen LogP contribution in [-0.4, -0.2) is 62.3 Å². The fourth-order valence-electron chi connectivity index (χ4n) is 0. The second-order valence-corrected chi connectivity index (χ2v) is 0. The van der Waals surface area contributed by atoms with Crippen molar-refractivity contribution in [2.75, 3.05) is 0 Å². The third-order valence-electron chi connectivity index (χ3n) is 0. The Labute approximate surface area is 77.3 Å². The van der Waals surface area contributed by atoms with Crippen LogP contribution in [0.4, 0.5) is 0 Å². The molecule has 0 spiro atoms. The molecule has 0 atom stereocenters. The Morgan fingerprint density at radius 2 is 0.750 bits per heavy atom. The third kappa shape index (κ3) is 8.97. The Balaban J connectivity index is 0. The van der Waals surface area contributed by atoms with Crippen LogP contribution in [0.25, 0.3) is 0 Å². The molecule has 0 radical (unpaired) electrons. The maximum absolute atomic E-state index is 0. The Kier molecular flexibility index (Phi) is 181. The van der Waals surface area contributed by atoms with E-state index in [0.717, 1.165) is 0 Å². The van der Waals surface area contributed by atoms with Crippen molar-refractivity contribution in [1.82, 2.24) is 0 Å². The quantitative estimate of drug-likeness (QED) is 0.335. The molecule has 0 aromatic heterocycles. The first-order valence-electron chi connectivity index (χ1n) is 0. The standard InChI is InChI=1S/K.Ni.2H2O.H/h;;2*1H2;. The van der Waals surface area contributed by atoms with E-state index >= 15 is 0 Å². The molecule has 0 aromatic carbocycles. The van der Waals surface area contributed by atoms with Crippen LogP contribution in [0.3, 0.4) is 0 Å². The minimum absolute atomic E-state index is 0. The summed E-state index contributed by atoms with van der Waals surface area (Å²) in [6.07, 6.45) is 0. The summed E-state index contributed by atoms with van der Waals surface area (Å²) in [5, 5.41) is 0. The third-order valence-corrected chi connectivity index (χ3v) is 0. The van der Waals surface area contributed by atoms with Gasteiger partial charge >= 0.3 is 51.4 Å². The molecule has 0 aromatic rings. The molecule has 0 fully saturated rings. The second-order valence-electron chi connectivity index (χ2n) is 0. The van der Waals surface area contributed by atoms with Gasteiger partial charge in [0.05, 0.1) is 0 Å². The molecule has 4 heteroatoms. The summed E-state index contributed by atoms with van der Waals surface area (Å²) in [5.74, 6) is 0. The van der Waals surface area contributed by atoms with Gasteiger partial charge in [-0.3, -0.25) is 0 Å². The molecule has 0 saturated carbocycles. The van der Waals surface area contributed by atoms with E-state index < -0.39 is 0 Å². The summed E-state index contributed by atoms with van der Waals surface area (Å²) in [5.41, 5.74) is 0. The monoisotopic (exact) mass is 134 g/mol. The summed E-state index contributed by atoms with van der Waals surface area (Å²) in [4.78, 5) is 0. The van der Waals surface area contributed by atoms with E-state index in [9.17, 15) is 0 Å². The van der Waals surface area contributed by atoms with Crippen LogP contribution in [0, 0.1) is 0 Å². The molecule has 28 valence electrons. The van der Waals surface area contributed by atoms with Gasteiger partial charge in [0.15, 0.2) is 0 Å². The van der Waals surface area contributed by atoms with Crippen LogP contribution in [-0.2, 0) is 16.5 Å². The van der Waals surface area contributed by atoms with Gasteiger partial charge in [-0.25, -0.2) is 0 Å². The summed E-state index contributed by atoms with van der Waals surface area (Å²) >= 11 is 0. The summed E-state index contributed by atoms with van der Waals surface area (Å²) in [7, 11) is 0. The van der Waals surface area contributed by atoms with Crippen molar-refractivity contribution in [3.8, 4) is 0 Å². The Morgan fingerprint density at radius 1 is 0.750 bits per heavy atom. The normalized spacial score (nSPS) is 0. The smallest absolute Gasteiger partial charge is 0 e. The first-order chi connectivity index (χ1) is 0. The molecule has 2 nitrogen and oxygen atoms in total. The fourth-order valence-corrected chi connectivity index (χ4v) is 0. The molecule has 0 rings (SSSR count). The van der Waals surface area contributed by atoms with E-state index in [4.69, 9.17) is 0 Å². The molecule has 0 bridgehead atoms. The predicted octanol–water partition coefficient (Wildman–Crippen LogP) is -2.30. The van der Waals surface area contributed by atoms with Crippen LogP contribution >= 0.6 is 0 Å². The SMILES string of the molecule is O.O.[KH].[Ni]. The largest absolute Gasteiger partial charge is 0 e. The molecule has 4 N–H and O–H groups in total. The van der Waals surface area contributed by atoms with E-state index in [1.807, 2.05) is 0 Å². The van der Waals surface area contributed by atoms with Gasteiger partial charge in [-0.05, 0) is 0 Å². The van der Waals surface area contributed by atoms with Gasteiger partial charge in [-0.2, -0.15) is 0 Å². The molecule has 4 heavy (non-hydrogen) atoms. The van der Waals surface area contributed by atoms with E-state index in [2.05, 4.69) is 0 Å². The van der Waals surface area contributed by atoms with E-state index in [0.29, 0.717) is 0 Å². The van der Waals surface area contributed by atoms with Crippen molar-refractivity contribution in [1.29, 1.82) is 0 Å². The average molecular weight is 135 g/mol. The number of hydrogen-bond acceptors (Lipinski definition) is 0.